The van der Waals surface area contributed by atoms with Crippen LogP contribution in [-0.2, 0) is 11.3 Å². The van der Waals surface area contributed by atoms with Gasteiger partial charge < -0.3 is 15.0 Å². The maximum atomic E-state index is 5.48. The van der Waals surface area contributed by atoms with E-state index in [9.17, 15) is 0 Å². The monoisotopic (exact) mass is 300 g/mol. The highest BCUT2D eigenvalue weighted by Gasteiger charge is 2.24. The van der Waals surface area contributed by atoms with E-state index in [0.717, 1.165) is 51.6 Å². The zero-order valence-corrected chi connectivity index (χ0v) is 13.0. The largest absolute Gasteiger partial charge is 0.379 e. The number of rotatable bonds is 3. The van der Waals surface area contributed by atoms with E-state index in [4.69, 9.17) is 4.74 Å². The van der Waals surface area contributed by atoms with Crippen LogP contribution in [0.5, 0.6) is 0 Å². The maximum absolute atomic E-state index is 5.48. The number of hydrogen-bond acceptors (Lipinski definition) is 4. The summed E-state index contributed by atoms with van der Waals surface area (Å²) in [5, 5.41) is 4.82. The van der Waals surface area contributed by atoms with E-state index in [1.165, 1.54) is 29.5 Å². The lowest BCUT2D eigenvalue weighted by Crippen LogP contribution is -2.36. The van der Waals surface area contributed by atoms with E-state index in [2.05, 4.69) is 26.3 Å². The molecule has 5 nitrogen and oxygen atoms in total. The normalized spacial score (nSPS) is 23.9. The second-order valence-corrected chi connectivity index (χ2v) is 6.35. The molecule has 0 aromatic carbocycles. The van der Waals surface area contributed by atoms with Crippen LogP contribution in [0.1, 0.15) is 30.0 Å². The zero-order valence-electron chi connectivity index (χ0n) is 13.0. The zero-order chi connectivity index (χ0) is 14.8. The molecule has 2 aliphatic rings. The molecular formula is C17H24N4O. The lowest BCUT2D eigenvalue weighted by molar-refractivity contribution is 0.0342. The number of H-pyrrole nitrogens is 1. The van der Waals surface area contributed by atoms with Crippen molar-refractivity contribution in [2.75, 3.05) is 39.4 Å². The Balaban J connectivity index is 1.69. The van der Waals surface area contributed by atoms with Crippen molar-refractivity contribution in [3.63, 3.8) is 0 Å². The first-order valence-electron chi connectivity index (χ1n) is 8.38. The number of hydrogen-bond donors (Lipinski definition) is 2. The molecule has 0 amide bonds. The van der Waals surface area contributed by atoms with Crippen LogP contribution in [-0.4, -0.2) is 54.3 Å². The van der Waals surface area contributed by atoms with Crippen LogP contribution < -0.4 is 5.32 Å². The molecular weight excluding hydrogens is 276 g/mol. The van der Waals surface area contributed by atoms with Gasteiger partial charge in [-0.3, -0.25) is 4.90 Å². The first-order chi connectivity index (χ1) is 10.9. The Morgan fingerprint density at radius 3 is 3.05 bits per heavy atom. The second-order valence-electron chi connectivity index (χ2n) is 6.35. The quantitative estimate of drug-likeness (QED) is 0.908. The molecule has 22 heavy (non-hydrogen) atoms. The van der Waals surface area contributed by atoms with Crippen LogP contribution >= 0.6 is 0 Å². The Morgan fingerprint density at radius 1 is 1.32 bits per heavy atom. The first kappa shape index (κ1) is 14.2. The minimum absolute atomic E-state index is 0.582. The molecule has 2 aromatic heterocycles. The molecule has 4 rings (SSSR count). The highest BCUT2D eigenvalue weighted by atomic mass is 16.5. The van der Waals surface area contributed by atoms with Crippen molar-refractivity contribution in [2.45, 2.75) is 25.3 Å². The van der Waals surface area contributed by atoms with Crippen LogP contribution in [0.2, 0.25) is 0 Å². The Morgan fingerprint density at radius 2 is 2.23 bits per heavy atom. The number of ether oxygens (including phenoxy) is 1. The minimum atomic E-state index is 0.582. The first-order valence-corrected chi connectivity index (χ1v) is 8.38. The predicted molar refractivity (Wildman–Crippen MR) is 87.0 cm³/mol. The van der Waals surface area contributed by atoms with Gasteiger partial charge in [-0.15, -0.1) is 0 Å². The van der Waals surface area contributed by atoms with Gasteiger partial charge in [-0.25, -0.2) is 4.98 Å². The average molecular weight is 300 g/mol. The van der Waals surface area contributed by atoms with Gasteiger partial charge in [-0.1, -0.05) is 0 Å². The predicted octanol–water partition coefficient (Wildman–Crippen LogP) is 1.86. The molecule has 2 aromatic rings. The van der Waals surface area contributed by atoms with Crippen molar-refractivity contribution in [3.8, 4) is 0 Å². The number of fused-ring (bicyclic) bond motifs is 1. The third-order valence-electron chi connectivity index (χ3n) is 4.90. The van der Waals surface area contributed by atoms with E-state index < -0.39 is 0 Å². The number of nitrogens with zero attached hydrogens (tertiary/aromatic N) is 2. The van der Waals surface area contributed by atoms with Crippen molar-refractivity contribution in [1.29, 1.82) is 0 Å². The molecule has 118 valence electrons. The smallest absolute Gasteiger partial charge is 0.137 e. The van der Waals surface area contributed by atoms with Gasteiger partial charge in [-0.05, 0) is 37.1 Å². The van der Waals surface area contributed by atoms with Gasteiger partial charge >= 0.3 is 0 Å². The van der Waals surface area contributed by atoms with Gasteiger partial charge in [-0.2, -0.15) is 0 Å². The molecule has 2 saturated heterocycles. The van der Waals surface area contributed by atoms with Gasteiger partial charge in [0.25, 0.3) is 0 Å². The Kier molecular flexibility index (Phi) is 4.10. The van der Waals surface area contributed by atoms with Crippen molar-refractivity contribution in [2.24, 2.45) is 0 Å². The Labute approximate surface area is 131 Å². The summed E-state index contributed by atoms with van der Waals surface area (Å²) in [5.74, 6) is 0.582. The van der Waals surface area contributed by atoms with Gasteiger partial charge in [0.1, 0.15) is 5.65 Å². The maximum Gasteiger partial charge on any atom is 0.137 e. The molecule has 2 N–H and O–H groups in total. The molecule has 2 fully saturated rings. The van der Waals surface area contributed by atoms with Crippen LogP contribution in [0.3, 0.4) is 0 Å². The molecule has 0 spiro atoms. The van der Waals surface area contributed by atoms with Gasteiger partial charge in [0, 0.05) is 49.4 Å². The Hall–Kier alpha value is -1.43. The van der Waals surface area contributed by atoms with Crippen LogP contribution in [0.15, 0.2) is 18.3 Å². The van der Waals surface area contributed by atoms with Crippen molar-refractivity contribution in [1.82, 2.24) is 20.2 Å². The third-order valence-corrected chi connectivity index (χ3v) is 4.90. The van der Waals surface area contributed by atoms with Crippen LogP contribution in [0.25, 0.3) is 11.0 Å². The molecule has 5 heteroatoms. The number of aromatic amines is 1. The highest BCUT2D eigenvalue weighted by Crippen LogP contribution is 2.31. The Bertz CT molecular complexity index is 627. The van der Waals surface area contributed by atoms with Crippen molar-refractivity contribution < 1.29 is 4.74 Å². The number of aromatic nitrogens is 2. The topological polar surface area (TPSA) is 53.2 Å². The van der Waals surface area contributed by atoms with Gasteiger partial charge in [0.15, 0.2) is 0 Å². The van der Waals surface area contributed by atoms with Crippen molar-refractivity contribution in [3.05, 3.63) is 29.6 Å². The number of pyridine rings is 1. The van der Waals surface area contributed by atoms with Crippen LogP contribution in [0, 0.1) is 0 Å². The average Bonchev–Trinajstić information content (AvgIpc) is 2.95. The minimum Gasteiger partial charge on any atom is -0.379 e. The fourth-order valence-electron chi connectivity index (χ4n) is 3.70. The van der Waals surface area contributed by atoms with Gasteiger partial charge in [0.2, 0.25) is 0 Å². The lowest BCUT2D eigenvalue weighted by atomic mass is 9.93. The van der Waals surface area contributed by atoms with E-state index >= 15 is 0 Å². The summed E-state index contributed by atoms with van der Waals surface area (Å²) >= 11 is 0. The lowest BCUT2D eigenvalue weighted by Gasteiger charge is -2.28. The molecule has 1 atom stereocenters. The molecule has 0 radical (unpaired) electrons. The van der Waals surface area contributed by atoms with E-state index in [0.29, 0.717) is 5.92 Å². The molecule has 2 aliphatic heterocycles. The summed E-state index contributed by atoms with van der Waals surface area (Å²) in [7, 11) is 0. The third kappa shape index (κ3) is 2.76. The summed E-state index contributed by atoms with van der Waals surface area (Å²) in [5.41, 5.74) is 3.87. The molecule has 0 unspecified atom stereocenters. The molecule has 0 saturated carbocycles. The fraction of sp³-hybridized carbons (Fsp3) is 0.588. The summed E-state index contributed by atoms with van der Waals surface area (Å²) in [6.07, 6.45) is 4.39. The van der Waals surface area contributed by atoms with Crippen LogP contribution in [0.4, 0.5) is 0 Å². The molecule has 0 bridgehead atoms. The molecule has 0 aliphatic carbocycles. The summed E-state index contributed by atoms with van der Waals surface area (Å²) in [6.45, 7) is 6.96. The summed E-state index contributed by atoms with van der Waals surface area (Å²) in [4.78, 5) is 10.6. The van der Waals surface area contributed by atoms with Crippen molar-refractivity contribution >= 4 is 11.0 Å². The molecule has 4 heterocycles. The highest BCUT2D eigenvalue weighted by molar-refractivity contribution is 5.81. The second kappa shape index (κ2) is 6.36. The number of morpholine rings is 1. The standard InChI is InChI=1S/C17H24N4O/c1-3-13(11-18-5-1)16-15(12-21-7-9-22-10-8-21)14-4-2-6-19-17(14)20-16/h2,4,6,13,18H,1,3,5,7-12H2,(H,19,20)/t13-/m1/s1. The number of nitrogens with one attached hydrogen (secondary N) is 2. The van der Waals surface area contributed by atoms with E-state index in [1.54, 1.807) is 0 Å². The summed E-state index contributed by atoms with van der Waals surface area (Å²) < 4.78 is 5.48. The van der Waals surface area contributed by atoms with E-state index in [1.807, 2.05) is 12.3 Å². The van der Waals surface area contributed by atoms with E-state index in [-0.39, 0.29) is 0 Å². The number of piperidine rings is 1. The SMILES string of the molecule is c1cnc2[nH]c([C@@H]3CCCNC3)c(CN3CCOCC3)c2c1. The van der Waals surface area contributed by atoms with Gasteiger partial charge in [0.05, 0.1) is 13.2 Å². The fourth-order valence-corrected chi connectivity index (χ4v) is 3.70. The summed E-state index contributed by atoms with van der Waals surface area (Å²) in [6, 6.07) is 4.25.